The minimum absolute atomic E-state index is 0.167. The first-order chi connectivity index (χ1) is 9.70. The Morgan fingerprint density at radius 1 is 1.24 bits per heavy atom. The van der Waals surface area contributed by atoms with Crippen molar-refractivity contribution in [3.05, 3.63) is 34.6 Å². The average Bonchev–Trinajstić information content (AvgIpc) is 2.33. The number of benzene rings is 1. The molecule has 3 atom stereocenters. The van der Waals surface area contributed by atoms with Crippen LogP contribution in [0.4, 0.5) is 9.18 Å². The fourth-order valence-corrected chi connectivity index (χ4v) is 2.96. The van der Waals surface area contributed by atoms with E-state index in [2.05, 4.69) is 10.6 Å². The number of hydrogen-bond acceptors (Lipinski definition) is 2. The van der Waals surface area contributed by atoms with Gasteiger partial charge in [0.15, 0.2) is 0 Å². The summed E-state index contributed by atoms with van der Waals surface area (Å²) < 4.78 is 24.7. The Kier molecular flexibility index (Phi) is 6.33. The van der Waals surface area contributed by atoms with Crippen LogP contribution in [0, 0.1) is 19.7 Å². The molecule has 0 saturated carbocycles. The molecule has 0 saturated heterocycles. The van der Waals surface area contributed by atoms with Crippen molar-refractivity contribution in [2.45, 2.75) is 39.8 Å². The number of halogens is 1. The van der Waals surface area contributed by atoms with E-state index in [1.54, 1.807) is 39.2 Å². The third kappa shape index (κ3) is 5.46. The molecule has 1 aromatic carbocycles. The zero-order chi connectivity index (χ0) is 16.2. The molecule has 4 nitrogen and oxygen atoms in total. The van der Waals surface area contributed by atoms with Gasteiger partial charge in [0.1, 0.15) is 5.82 Å². The Balaban J connectivity index is 2.66. The van der Waals surface area contributed by atoms with Gasteiger partial charge in [0.05, 0.1) is 6.04 Å². The van der Waals surface area contributed by atoms with Crippen molar-refractivity contribution < 1.29 is 13.4 Å². The van der Waals surface area contributed by atoms with Crippen LogP contribution in [-0.2, 0) is 10.8 Å². The second-order valence-electron chi connectivity index (χ2n) is 5.45. The predicted octanol–water partition coefficient (Wildman–Crippen LogP) is 2.57. The highest BCUT2D eigenvalue weighted by molar-refractivity contribution is 7.84. The molecule has 0 heterocycles. The summed E-state index contributed by atoms with van der Waals surface area (Å²) in [6, 6.07) is 2.75. The molecule has 0 spiro atoms. The minimum Gasteiger partial charge on any atom is -0.335 e. The topological polar surface area (TPSA) is 58.2 Å². The van der Waals surface area contributed by atoms with Crippen LogP contribution in [0.15, 0.2) is 12.1 Å². The lowest BCUT2D eigenvalue weighted by Crippen LogP contribution is -2.43. The van der Waals surface area contributed by atoms with Crippen molar-refractivity contribution in [1.29, 1.82) is 0 Å². The lowest BCUT2D eigenvalue weighted by Gasteiger charge is -2.19. The first-order valence-electron chi connectivity index (χ1n) is 6.84. The molecule has 6 heteroatoms. The molecule has 0 radical (unpaired) electrons. The maximum Gasteiger partial charge on any atom is 0.315 e. The van der Waals surface area contributed by atoms with Crippen LogP contribution >= 0.6 is 0 Å². The molecule has 2 amide bonds. The van der Waals surface area contributed by atoms with E-state index in [0.29, 0.717) is 16.9 Å². The molecular formula is C15H23FN2O2S. The van der Waals surface area contributed by atoms with E-state index in [0.717, 1.165) is 5.56 Å². The van der Waals surface area contributed by atoms with Crippen molar-refractivity contribution in [2.75, 3.05) is 12.0 Å². The molecule has 0 aliphatic rings. The minimum atomic E-state index is -0.954. The summed E-state index contributed by atoms with van der Waals surface area (Å²) in [7, 11) is -0.954. The first kappa shape index (κ1) is 17.6. The molecule has 0 bridgehead atoms. The Morgan fingerprint density at radius 2 is 1.76 bits per heavy atom. The van der Waals surface area contributed by atoms with Crippen LogP contribution < -0.4 is 10.6 Å². The summed E-state index contributed by atoms with van der Waals surface area (Å²) in [5.74, 6) is 0.200. The SMILES string of the molecule is Cc1cc(C(C)NC(=O)NC(C)CS(C)=O)cc(C)c1F. The van der Waals surface area contributed by atoms with Gasteiger partial charge in [-0.2, -0.15) is 0 Å². The smallest absolute Gasteiger partial charge is 0.315 e. The van der Waals surface area contributed by atoms with Crippen molar-refractivity contribution in [3.8, 4) is 0 Å². The largest absolute Gasteiger partial charge is 0.335 e. The van der Waals surface area contributed by atoms with Crippen molar-refractivity contribution in [2.24, 2.45) is 0 Å². The highest BCUT2D eigenvalue weighted by Gasteiger charge is 2.14. The fourth-order valence-electron chi connectivity index (χ4n) is 2.17. The first-order valence-corrected chi connectivity index (χ1v) is 8.57. The van der Waals surface area contributed by atoms with Gasteiger partial charge in [0.25, 0.3) is 0 Å². The van der Waals surface area contributed by atoms with Gasteiger partial charge in [-0.3, -0.25) is 4.21 Å². The average molecular weight is 314 g/mol. The van der Waals surface area contributed by atoms with Gasteiger partial charge in [0, 0.05) is 28.9 Å². The van der Waals surface area contributed by atoms with Crippen LogP contribution in [-0.4, -0.2) is 28.3 Å². The molecule has 0 fully saturated rings. The molecule has 118 valence electrons. The molecule has 21 heavy (non-hydrogen) atoms. The Bertz CT molecular complexity index is 525. The van der Waals surface area contributed by atoms with E-state index in [-0.39, 0.29) is 23.9 Å². The van der Waals surface area contributed by atoms with Crippen LogP contribution in [0.3, 0.4) is 0 Å². The second kappa shape index (κ2) is 7.54. The highest BCUT2D eigenvalue weighted by atomic mass is 32.2. The Morgan fingerprint density at radius 3 is 2.24 bits per heavy atom. The van der Waals surface area contributed by atoms with E-state index >= 15 is 0 Å². The monoisotopic (exact) mass is 314 g/mol. The maximum absolute atomic E-state index is 13.6. The van der Waals surface area contributed by atoms with Crippen LogP contribution in [0.1, 0.15) is 36.6 Å². The summed E-state index contributed by atoms with van der Waals surface area (Å²) in [5, 5.41) is 5.54. The summed E-state index contributed by atoms with van der Waals surface area (Å²) in [4.78, 5) is 11.9. The number of amides is 2. The fraction of sp³-hybridized carbons (Fsp3) is 0.533. The summed E-state index contributed by atoms with van der Waals surface area (Å²) in [6.45, 7) is 7.06. The highest BCUT2D eigenvalue weighted by Crippen LogP contribution is 2.19. The van der Waals surface area contributed by atoms with Crippen LogP contribution in [0.25, 0.3) is 0 Å². The van der Waals surface area contributed by atoms with E-state index < -0.39 is 10.8 Å². The number of rotatable bonds is 5. The number of nitrogens with one attached hydrogen (secondary N) is 2. The summed E-state index contributed by atoms with van der Waals surface area (Å²) in [5.41, 5.74) is 1.98. The normalized spacial score (nSPS) is 15.1. The van der Waals surface area contributed by atoms with Gasteiger partial charge < -0.3 is 10.6 Å². The van der Waals surface area contributed by atoms with Gasteiger partial charge in [-0.15, -0.1) is 0 Å². The standard InChI is InChI=1S/C15H23FN2O2S/c1-9-6-13(7-10(2)14(9)16)12(4)18-15(19)17-11(3)8-21(5)20/h6-7,11-12H,8H2,1-5H3,(H2,17,18,19). The third-order valence-electron chi connectivity index (χ3n) is 3.17. The van der Waals surface area contributed by atoms with Crippen molar-refractivity contribution in [1.82, 2.24) is 10.6 Å². The Labute approximate surface area is 128 Å². The van der Waals surface area contributed by atoms with Gasteiger partial charge in [0.2, 0.25) is 0 Å². The lowest BCUT2D eigenvalue weighted by molar-refractivity contribution is 0.235. The summed E-state index contributed by atoms with van der Waals surface area (Å²) >= 11 is 0. The number of carbonyl (C=O) groups is 1. The predicted molar refractivity (Wildman–Crippen MR) is 84.4 cm³/mol. The Hall–Kier alpha value is -1.43. The molecule has 0 aromatic heterocycles. The van der Waals surface area contributed by atoms with E-state index in [1.807, 2.05) is 6.92 Å². The number of hydrogen-bond donors (Lipinski definition) is 2. The van der Waals surface area contributed by atoms with Crippen LogP contribution in [0.2, 0.25) is 0 Å². The van der Waals surface area contributed by atoms with Crippen molar-refractivity contribution >= 4 is 16.8 Å². The lowest BCUT2D eigenvalue weighted by atomic mass is 10.0. The maximum atomic E-state index is 13.6. The van der Waals surface area contributed by atoms with Gasteiger partial charge in [-0.05, 0) is 44.4 Å². The molecule has 1 rings (SSSR count). The van der Waals surface area contributed by atoms with Crippen LogP contribution in [0.5, 0.6) is 0 Å². The van der Waals surface area contributed by atoms with Gasteiger partial charge in [-0.1, -0.05) is 12.1 Å². The molecule has 0 aliphatic carbocycles. The van der Waals surface area contributed by atoms with E-state index in [9.17, 15) is 13.4 Å². The molecule has 3 unspecified atom stereocenters. The number of aryl methyl sites for hydroxylation is 2. The second-order valence-corrected chi connectivity index (χ2v) is 6.93. The molecular weight excluding hydrogens is 291 g/mol. The zero-order valence-corrected chi connectivity index (χ0v) is 13.9. The molecule has 1 aromatic rings. The number of carbonyl (C=O) groups excluding carboxylic acids is 1. The zero-order valence-electron chi connectivity index (χ0n) is 13.1. The van der Waals surface area contributed by atoms with Crippen molar-refractivity contribution in [3.63, 3.8) is 0 Å². The third-order valence-corrected chi connectivity index (χ3v) is 4.14. The van der Waals surface area contributed by atoms with E-state index in [1.165, 1.54) is 0 Å². The summed E-state index contributed by atoms with van der Waals surface area (Å²) in [6.07, 6.45) is 1.60. The van der Waals surface area contributed by atoms with Gasteiger partial charge >= 0.3 is 6.03 Å². The van der Waals surface area contributed by atoms with Gasteiger partial charge in [-0.25, -0.2) is 9.18 Å². The molecule has 2 N–H and O–H groups in total. The number of urea groups is 1. The van der Waals surface area contributed by atoms with E-state index in [4.69, 9.17) is 0 Å². The quantitative estimate of drug-likeness (QED) is 0.877. The molecule has 0 aliphatic heterocycles.